The molecule has 3 aromatic rings. The number of nitrogens with zero attached hydrogens (tertiary/aromatic N) is 3. The molecule has 0 aliphatic rings. The average molecular weight is 430 g/mol. The van der Waals surface area contributed by atoms with Gasteiger partial charge in [0.15, 0.2) is 12.3 Å². The standard InChI is InChI=1S/C20H20BrN3O3/c1-4-24-16-8-6-5-7-14(16)18(20(24)26)23-22-17(25)11-27-19-13(3)9-12(2)10-15(19)21/h5-10,26H,4,11H2,1-3H3. The van der Waals surface area contributed by atoms with Crippen LogP contribution in [0.4, 0.5) is 5.69 Å². The minimum atomic E-state index is -0.533. The lowest BCUT2D eigenvalue weighted by Gasteiger charge is -2.10. The Morgan fingerprint density at radius 3 is 2.70 bits per heavy atom. The Bertz CT molecular complexity index is 1020. The Balaban J connectivity index is 1.78. The molecule has 27 heavy (non-hydrogen) atoms. The number of aromatic hydroxyl groups is 1. The molecule has 0 saturated carbocycles. The Morgan fingerprint density at radius 2 is 2.00 bits per heavy atom. The maximum absolute atomic E-state index is 12.1. The molecule has 0 saturated heterocycles. The highest BCUT2D eigenvalue weighted by molar-refractivity contribution is 9.10. The van der Waals surface area contributed by atoms with Crippen LogP contribution in [0.25, 0.3) is 10.9 Å². The van der Waals surface area contributed by atoms with E-state index in [1.54, 1.807) is 4.57 Å². The highest BCUT2D eigenvalue weighted by Crippen LogP contribution is 2.38. The molecular formula is C20H20BrN3O3. The van der Waals surface area contributed by atoms with Gasteiger partial charge in [-0.15, -0.1) is 10.2 Å². The van der Waals surface area contributed by atoms with Crippen molar-refractivity contribution >= 4 is 38.4 Å². The summed E-state index contributed by atoms with van der Waals surface area (Å²) >= 11 is 3.44. The van der Waals surface area contributed by atoms with Crippen molar-refractivity contribution in [3.05, 3.63) is 52.0 Å². The predicted molar refractivity (Wildman–Crippen MR) is 108 cm³/mol. The van der Waals surface area contributed by atoms with E-state index >= 15 is 0 Å². The SMILES string of the molecule is CCn1c(O)c(N=NC(=O)COc2c(C)cc(C)cc2Br)c2ccccc21. The molecule has 0 radical (unpaired) electrons. The number of rotatable bonds is 5. The molecule has 1 heterocycles. The van der Waals surface area contributed by atoms with Crippen LogP contribution in [0.2, 0.25) is 0 Å². The number of aryl methyl sites for hydroxylation is 3. The van der Waals surface area contributed by atoms with Gasteiger partial charge >= 0.3 is 5.91 Å². The number of ether oxygens (including phenoxy) is 1. The third-order valence-electron chi connectivity index (χ3n) is 4.21. The van der Waals surface area contributed by atoms with Gasteiger partial charge in [0.25, 0.3) is 0 Å². The number of amides is 1. The summed E-state index contributed by atoms with van der Waals surface area (Å²) in [7, 11) is 0. The topological polar surface area (TPSA) is 76.2 Å². The van der Waals surface area contributed by atoms with Crippen molar-refractivity contribution in [2.45, 2.75) is 27.3 Å². The highest BCUT2D eigenvalue weighted by atomic mass is 79.9. The second-order valence-corrected chi connectivity index (χ2v) is 7.06. The molecule has 1 N–H and O–H groups in total. The van der Waals surface area contributed by atoms with Crippen LogP contribution in [0.5, 0.6) is 11.6 Å². The van der Waals surface area contributed by atoms with E-state index in [2.05, 4.69) is 26.2 Å². The monoisotopic (exact) mass is 429 g/mol. The molecular weight excluding hydrogens is 410 g/mol. The summed E-state index contributed by atoms with van der Waals surface area (Å²) in [6, 6.07) is 11.4. The van der Waals surface area contributed by atoms with E-state index in [-0.39, 0.29) is 18.2 Å². The van der Waals surface area contributed by atoms with Crippen LogP contribution in [0.3, 0.4) is 0 Å². The molecule has 1 amide bonds. The lowest BCUT2D eigenvalue weighted by atomic mass is 10.1. The first kappa shape index (κ1) is 19.1. The fraction of sp³-hybridized carbons (Fsp3) is 0.250. The minimum absolute atomic E-state index is 0.00621. The zero-order valence-corrected chi connectivity index (χ0v) is 16.9. The number of halogens is 1. The Labute approximate surface area is 165 Å². The van der Waals surface area contributed by atoms with E-state index < -0.39 is 5.91 Å². The normalized spacial score (nSPS) is 11.4. The second-order valence-electron chi connectivity index (χ2n) is 6.21. The summed E-state index contributed by atoms with van der Waals surface area (Å²) in [6.45, 7) is 6.17. The first-order chi connectivity index (χ1) is 12.9. The first-order valence-electron chi connectivity index (χ1n) is 8.56. The van der Waals surface area contributed by atoms with Gasteiger partial charge in [-0.25, -0.2) is 0 Å². The van der Waals surface area contributed by atoms with Crippen LogP contribution in [0, 0.1) is 13.8 Å². The van der Waals surface area contributed by atoms with Crippen molar-refractivity contribution in [2.75, 3.05) is 6.61 Å². The molecule has 6 nitrogen and oxygen atoms in total. The maximum Gasteiger partial charge on any atom is 0.302 e. The molecule has 0 bridgehead atoms. The molecule has 1 aromatic heterocycles. The Hall–Kier alpha value is -2.67. The summed E-state index contributed by atoms with van der Waals surface area (Å²) in [5.41, 5.74) is 3.15. The fourth-order valence-corrected chi connectivity index (χ4v) is 3.83. The van der Waals surface area contributed by atoms with Gasteiger partial charge in [-0.1, -0.05) is 24.3 Å². The molecule has 0 spiro atoms. The number of carbonyl (C=O) groups is 1. The van der Waals surface area contributed by atoms with Crippen molar-refractivity contribution in [1.82, 2.24) is 4.57 Å². The van der Waals surface area contributed by atoms with Crippen molar-refractivity contribution in [3.8, 4) is 11.6 Å². The van der Waals surface area contributed by atoms with Crippen LogP contribution in [0.15, 0.2) is 51.1 Å². The van der Waals surface area contributed by atoms with Crippen LogP contribution >= 0.6 is 15.9 Å². The Kier molecular flexibility index (Phi) is 5.60. The molecule has 0 aliphatic heterocycles. The van der Waals surface area contributed by atoms with E-state index in [9.17, 15) is 9.90 Å². The van der Waals surface area contributed by atoms with E-state index in [0.29, 0.717) is 12.3 Å². The molecule has 2 aromatic carbocycles. The second kappa shape index (κ2) is 7.92. The zero-order chi connectivity index (χ0) is 19.6. The summed E-state index contributed by atoms with van der Waals surface area (Å²) in [4.78, 5) is 12.1. The Morgan fingerprint density at radius 1 is 1.26 bits per heavy atom. The van der Waals surface area contributed by atoms with E-state index in [1.165, 1.54) is 0 Å². The number of hydrogen-bond acceptors (Lipinski definition) is 4. The summed E-state index contributed by atoms with van der Waals surface area (Å²) in [6.07, 6.45) is 0. The quantitative estimate of drug-likeness (QED) is 0.548. The summed E-state index contributed by atoms with van der Waals surface area (Å²) < 4.78 is 8.10. The molecule has 7 heteroatoms. The maximum atomic E-state index is 12.1. The fourth-order valence-electron chi connectivity index (χ4n) is 3.04. The number of fused-ring (bicyclic) bond motifs is 1. The average Bonchev–Trinajstić information content (AvgIpc) is 2.89. The molecule has 0 unspecified atom stereocenters. The van der Waals surface area contributed by atoms with E-state index in [0.717, 1.165) is 26.5 Å². The smallest absolute Gasteiger partial charge is 0.302 e. The predicted octanol–water partition coefficient (Wildman–Crippen LogP) is 5.44. The molecule has 140 valence electrons. The van der Waals surface area contributed by atoms with Crippen molar-refractivity contribution < 1.29 is 14.6 Å². The molecule has 0 atom stereocenters. The van der Waals surface area contributed by atoms with Gasteiger partial charge in [-0.3, -0.25) is 4.79 Å². The molecule has 0 fully saturated rings. The number of azo groups is 1. The summed E-state index contributed by atoms with van der Waals surface area (Å²) in [5, 5.41) is 18.8. The van der Waals surface area contributed by atoms with Crippen LogP contribution in [0.1, 0.15) is 18.1 Å². The first-order valence-corrected chi connectivity index (χ1v) is 9.36. The van der Waals surface area contributed by atoms with Crippen molar-refractivity contribution in [1.29, 1.82) is 0 Å². The van der Waals surface area contributed by atoms with Gasteiger partial charge in [0.2, 0.25) is 5.88 Å². The van der Waals surface area contributed by atoms with Crippen LogP contribution in [-0.4, -0.2) is 22.2 Å². The van der Waals surface area contributed by atoms with Crippen molar-refractivity contribution in [3.63, 3.8) is 0 Å². The number of aromatic nitrogens is 1. The van der Waals surface area contributed by atoms with Gasteiger partial charge in [0, 0.05) is 11.9 Å². The van der Waals surface area contributed by atoms with Gasteiger partial charge < -0.3 is 14.4 Å². The number of carbonyl (C=O) groups excluding carboxylic acids is 1. The van der Waals surface area contributed by atoms with Crippen LogP contribution in [-0.2, 0) is 11.3 Å². The highest BCUT2D eigenvalue weighted by Gasteiger charge is 2.16. The number of para-hydroxylation sites is 1. The van der Waals surface area contributed by atoms with Gasteiger partial charge in [-0.05, 0) is 60.0 Å². The number of hydrogen-bond donors (Lipinski definition) is 1. The van der Waals surface area contributed by atoms with Gasteiger partial charge in [0.05, 0.1) is 9.99 Å². The van der Waals surface area contributed by atoms with E-state index in [1.807, 2.05) is 57.2 Å². The molecule has 0 aliphatic carbocycles. The largest absolute Gasteiger partial charge is 0.493 e. The third-order valence-corrected chi connectivity index (χ3v) is 4.80. The third kappa shape index (κ3) is 3.88. The van der Waals surface area contributed by atoms with E-state index in [4.69, 9.17) is 4.74 Å². The minimum Gasteiger partial charge on any atom is -0.493 e. The van der Waals surface area contributed by atoms with Crippen molar-refractivity contribution in [2.24, 2.45) is 10.2 Å². The lowest BCUT2D eigenvalue weighted by molar-refractivity contribution is -0.120. The molecule has 3 rings (SSSR count). The van der Waals surface area contributed by atoms with Crippen LogP contribution < -0.4 is 4.74 Å². The lowest BCUT2D eigenvalue weighted by Crippen LogP contribution is -2.09. The number of benzene rings is 2. The van der Waals surface area contributed by atoms with Gasteiger partial charge in [-0.2, -0.15) is 0 Å². The zero-order valence-electron chi connectivity index (χ0n) is 15.4. The summed E-state index contributed by atoms with van der Waals surface area (Å²) in [5.74, 6) is 0.0671. The van der Waals surface area contributed by atoms with Gasteiger partial charge in [0.1, 0.15) is 5.75 Å².